The molecule has 2 heterocycles. The molecule has 0 N–H and O–H groups in total. The number of hydrogen-bond donors (Lipinski definition) is 0. The van der Waals surface area contributed by atoms with E-state index < -0.39 is 0 Å². The van der Waals surface area contributed by atoms with Crippen molar-refractivity contribution in [2.24, 2.45) is 0 Å². The Bertz CT molecular complexity index is 793. The lowest BCUT2D eigenvalue weighted by Gasteiger charge is -2.15. The molecule has 0 saturated heterocycles. The molecule has 3 aromatic rings. The van der Waals surface area contributed by atoms with Crippen LogP contribution >= 0.6 is 23.6 Å². The summed E-state index contributed by atoms with van der Waals surface area (Å²) >= 11 is 6.76. The number of hydrogen-bond acceptors (Lipinski definition) is 5. The van der Waals surface area contributed by atoms with Crippen molar-refractivity contribution in [3.8, 4) is 10.8 Å². The van der Waals surface area contributed by atoms with Crippen LogP contribution in [0.5, 0.6) is 0 Å². The van der Waals surface area contributed by atoms with Crippen LogP contribution in [-0.4, -0.2) is 21.7 Å². The van der Waals surface area contributed by atoms with Gasteiger partial charge in [-0.25, -0.2) is 9.07 Å². The Balaban J connectivity index is 1.70. The normalized spacial score (nSPS) is 11.2. The van der Waals surface area contributed by atoms with E-state index in [1.807, 2.05) is 29.5 Å². The van der Waals surface area contributed by atoms with E-state index in [2.05, 4.69) is 5.10 Å². The molecule has 1 aromatic carbocycles. The number of rotatable bonds is 5. The fraction of sp³-hybridized carbons (Fsp3) is 0.200. The summed E-state index contributed by atoms with van der Waals surface area (Å²) in [5, 5.41) is 6.37. The molecule has 7 heteroatoms. The molecular formula is C15H14FN3OS2. The number of thiophene rings is 1. The molecule has 3 rings (SSSR count). The van der Waals surface area contributed by atoms with Gasteiger partial charge in [-0.2, -0.15) is 0 Å². The molecule has 4 nitrogen and oxygen atoms in total. The first-order valence-electron chi connectivity index (χ1n) is 6.66. The van der Waals surface area contributed by atoms with E-state index in [1.165, 1.54) is 12.1 Å². The topological polar surface area (TPSA) is 34.2 Å². The predicted molar refractivity (Wildman–Crippen MR) is 86.5 cm³/mol. The average Bonchev–Trinajstić information content (AvgIpc) is 3.12. The third kappa shape index (κ3) is 3.49. The van der Waals surface area contributed by atoms with E-state index in [4.69, 9.17) is 16.6 Å². The van der Waals surface area contributed by atoms with Crippen molar-refractivity contribution >= 4 is 23.6 Å². The highest BCUT2D eigenvalue weighted by Gasteiger charge is 2.10. The molecule has 0 bridgehead atoms. The summed E-state index contributed by atoms with van der Waals surface area (Å²) < 4.78 is 20.1. The molecule has 114 valence electrons. The highest BCUT2D eigenvalue weighted by atomic mass is 32.1. The largest absolute Gasteiger partial charge is 0.408 e. The van der Waals surface area contributed by atoms with E-state index >= 15 is 0 Å². The fourth-order valence-corrected chi connectivity index (χ4v) is 2.90. The molecule has 0 aliphatic heterocycles. The summed E-state index contributed by atoms with van der Waals surface area (Å²) in [6, 6.07) is 10.3. The smallest absolute Gasteiger partial charge is 0.288 e. The molecule has 0 atom stereocenters. The summed E-state index contributed by atoms with van der Waals surface area (Å²) in [5.41, 5.74) is 1.03. The second-order valence-corrected chi connectivity index (χ2v) is 6.23. The minimum Gasteiger partial charge on any atom is -0.408 e. The first kappa shape index (κ1) is 15.1. The predicted octanol–water partition coefficient (Wildman–Crippen LogP) is 4.16. The SMILES string of the molecule is CN(Cc1ccc(F)cc1)Cn1nc(-c2cccs2)oc1=S. The van der Waals surface area contributed by atoms with E-state index in [1.54, 1.807) is 28.2 Å². The van der Waals surface area contributed by atoms with Crippen LogP contribution in [0.3, 0.4) is 0 Å². The van der Waals surface area contributed by atoms with Crippen molar-refractivity contribution in [1.82, 2.24) is 14.7 Å². The molecule has 0 aliphatic rings. The molecule has 0 radical (unpaired) electrons. The number of aromatic nitrogens is 2. The Morgan fingerprint density at radius 3 is 2.77 bits per heavy atom. The highest BCUT2D eigenvalue weighted by Crippen LogP contribution is 2.23. The quantitative estimate of drug-likeness (QED) is 0.656. The number of nitrogens with zero attached hydrogens (tertiary/aromatic N) is 3. The van der Waals surface area contributed by atoms with Crippen LogP contribution in [0, 0.1) is 10.7 Å². The standard InChI is InChI=1S/C15H14FN3OS2/c1-18(9-11-4-6-12(16)7-5-11)10-19-15(21)20-14(17-19)13-3-2-8-22-13/h2-8H,9-10H2,1H3. The van der Waals surface area contributed by atoms with Gasteiger partial charge in [-0.1, -0.05) is 18.2 Å². The summed E-state index contributed by atoms with van der Waals surface area (Å²) in [6.45, 7) is 1.17. The van der Waals surface area contributed by atoms with Crippen LogP contribution in [0.25, 0.3) is 10.8 Å². The molecule has 0 fully saturated rings. The van der Waals surface area contributed by atoms with Gasteiger partial charge in [0.2, 0.25) is 0 Å². The molecule has 0 spiro atoms. The van der Waals surface area contributed by atoms with Gasteiger partial charge in [0, 0.05) is 6.54 Å². The highest BCUT2D eigenvalue weighted by molar-refractivity contribution is 7.71. The van der Waals surface area contributed by atoms with Crippen LogP contribution in [0.1, 0.15) is 5.56 Å². The van der Waals surface area contributed by atoms with E-state index in [0.717, 1.165) is 10.4 Å². The lowest BCUT2D eigenvalue weighted by molar-refractivity contribution is 0.240. The summed E-state index contributed by atoms with van der Waals surface area (Å²) in [7, 11) is 1.95. The maximum absolute atomic E-state index is 12.9. The van der Waals surface area contributed by atoms with Gasteiger partial charge in [-0.3, -0.25) is 4.90 Å². The van der Waals surface area contributed by atoms with Gasteiger partial charge in [-0.05, 0) is 48.4 Å². The molecule has 22 heavy (non-hydrogen) atoms. The maximum atomic E-state index is 12.9. The lowest BCUT2D eigenvalue weighted by atomic mass is 10.2. The van der Waals surface area contributed by atoms with E-state index in [-0.39, 0.29) is 5.82 Å². The van der Waals surface area contributed by atoms with Crippen molar-refractivity contribution in [2.75, 3.05) is 7.05 Å². The molecule has 0 saturated carbocycles. The van der Waals surface area contributed by atoms with Crippen molar-refractivity contribution in [2.45, 2.75) is 13.2 Å². The average molecular weight is 335 g/mol. The Morgan fingerprint density at radius 1 is 1.32 bits per heavy atom. The fourth-order valence-electron chi connectivity index (χ4n) is 2.08. The van der Waals surface area contributed by atoms with Crippen LogP contribution in [0.15, 0.2) is 46.2 Å². The van der Waals surface area contributed by atoms with Crippen molar-refractivity contribution in [3.63, 3.8) is 0 Å². The lowest BCUT2D eigenvalue weighted by Crippen LogP contribution is -2.22. The van der Waals surface area contributed by atoms with Crippen LogP contribution in [-0.2, 0) is 13.2 Å². The summed E-state index contributed by atoms with van der Waals surface area (Å²) in [6.07, 6.45) is 0. The summed E-state index contributed by atoms with van der Waals surface area (Å²) in [4.78, 5) is 3.32. The van der Waals surface area contributed by atoms with Gasteiger partial charge in [-0.15, -0.1) is 16.4 Å². The Morgan fingerprint density at radius 2 is 2.09 bits per heavy atom. The summed E-state index contributed by atoms with van der Waals surface area (Å²) in [5.74, 6) is 0.306. The van der Waals surface area contributed by atoms with Gasteiger partial charge >= 0.3 is 0 Å². The maximum Gasteiger partial charge on any atom is 0.288 e. The van der Waals surface area contributed by atoms with Crippen LogP contribution in [0.2, 0.25) is 0 Å². The van der Waals surface area contributed by atoms with Crippen molar-refractivity contribution in [3.05, 3.63) is 58.0 Å². The Hall–Kier alpha value is -1.83. The second kappa shape index (κ2) is 6.51. The molecule has 0 unspecified atom stereocenters. The van der Waals surface area contributed by atoms with Gasteiger partial charge in [0.05, 0.1) is 11.5 Å². The van der Waals surface area contributed by atoms with Gasteiger partial charge < -0.3 is 4.42 Å². The molecule has 0 aliphatic carbocycles. The van der Waals surface area contributed by atoms with E-state index in [0.29, 0.717) is 23.9 Å². The Kier molecular flexibility index (Phi) is 4.47. The van der Waals surface area contributed by atoms with E-state index in [9.17, 15) is 4.39 Å². The van der Waals surface area contributed by atoms with Crippen LogP contribution in [0.4, 0.5) is 4.39 Å². The van der Waals surface area contributed by atoms with Crippen molar-refractivity contribution in [1.29, 1.82) is 0 Å². The zero-order valence-electron chi connectivity index (χ0n) is 11.9. The zero-order valence-corrected chi connectivity index (χ0v) is 13.5. The second-order valence-electron chi connectivity index (χ2n) is 4.93. The first-order chi connectivity index (χ1) is 10.6. The zero-order chi connectivity index (χ0) is 15.5. The minimum atomic E-state index is -0.231. The third-order valence-electron chi connectivity index (χ3n) is 3.08. The minimum absolute atomic E-state index is 0.231. The first-order valence-corrected chi connectivity index (χ1v) is 7.95. The van der Waals surface area contributed by atoms with Gasteiger partial charge in [0.25, 0.3) is 10.7 Å². The molecule has 0 amide bonds. The molecular weight excluding hydrogens is 321 g/mol. The Labute approximate surface area is 136 Å². The van der Waals surface area contributed by atoms with Crippen LogP contribution < -0.4 is 0 Å². The van der Waals surface area contributed by atoms with Gasteiger partial charge in [0.1, 0.15) is 5.82 Å². The number of halogens is 1. The third-order valence-corrected chi connectivity index (χ3v) is 4.23. The van der Waals surface area contributed by atoms with Crippen molar-refractivity contribution < 1.29 is 8.81 Å². The monoisotopic (exact) mass is 335 g/mol. The van der Waals surface area contributed by atoms with Gasteiger partial charge in [0.15, 0.2) is 0 Å². The molecule has 2 aromatic heterocycles. The number of benzene rings is 1.